The molecule has 2 aromatic heterocycles. The maximum absolute atomic E-state index is 5.79. The van der Waals surface area contributed by atoms with E-state index in [4.69, 9.17) is 4.74 Å². The number of hydrazone groups is 1. The first-order valence-corrected chi connectivity index (χ1v) is 10.7. The van der Waals surface area contributed by atoms with Crippen molar-refractivity contribution in [3.8, 4) is 5.75 Å². The average Bonchev–Trinajstić information content (AvgIpc) is 3.06. The molecule has 0 radical (unpaired) electrons. The van der Waals surface area contributed by atoms with Crippen molar-refractivity contribution in [1.82, 2.24) is 19.7 Å². The summed E-state index contributed by atoms with van der Waals surface area (Å²) in [5.74, 6) is 1.10. The van der Waals surface area contributed by atoms with Crippen LogP contribution in [0.1, 0.15) is 12.5 Å². The Kier molecular flexibility index (Phi) is 4.99. The molecular weight excluding hydrogens is 456 g/mol. The van der Waals surface area contributed by atoms with Gasteiger partial charge < -0.3 is 9.30 Å². The predicted molar refractivity (Wildman–Crippen MR) is 128 cm³/mol. The maximum Gasteiger partial charge on any atom is 0.265 e. The highest BCUT2D eigenvalue weighted by molar-refractivity contribution is 9.10. The smallest absolute Gasteiger partial charge is 0.265 e. The van der Waals surface area contributed by atoms with Gasteiger partial charge in [0.15, 0.2) is 5.65 Å². The van der Waals surface area contributed by atoms with Crippen molar-refractivity contribution in [2.75, 3.05) is 12.0 Å². The van der Waals surface area contributed by atoms with E-state index in [0.29, 0.717) is 12.6 Å². The first-order valence-electron chi connectivity index (χ1n) is 9.87. The van der Waals surface area contributed by atoms with Crippen molar-refractivity contribution in [2.45, 2.75) is 6.92 Å². The fraction of sp³-hybridized carbons (Fsp3) is 0.130. The molecule has 0 fully saturated rings. The number of ether oxygens (including phenoxy) is 1. The van der Waals surface area contributed by atoms with Gasteiger partial charge in [0, 0.05) is 22.5 Å². The number of anilines is 1. The summed E-state index contributed by atoms with van der Waals surface area (Å²) in [4.78, 5) is 4.61. The Morgan fingerprint density at radius 3 is 2.84 bits per heavy atom. The van der Waals surface area contributed by atoms with Gasteiger partial charge in [0.25, 0.3) is 5.95 Å². The predicted octanol–water partition coefficient (Wildman–Crippen LogP) is 5.28. The van der Waals surface area contributed by atoms with Crippen molar-refractivity contribution in [1.29, 1.82) is 0 Å². The fourth-order valence-corrected chi connectivity index (χ4v) is 4.08. The Bertz CT molecular complexity index is 1460. The van der Waals surface area contributed by atoms with Crippen molar-refractivity contribution >= 4 is 60.9 Å². The molecule has 154 valence electrons. The van der Waals surface area contributed by atoms with E-state index in [-0.39, 0.29) is 0 Å². The zero-order valence-electron chi connectivity index (χ0n) is 17.0. The minimum absolute atomic E-state index is 0.326. The molecular formula is C23H19BrN6O. The van der Waals surface area contributed by atoms with Gasteiger partial charge in [-0.25, -0.2) is 5.43 Å². The van der Waals surface area contributed by atoms with E-state index in [2.05, 4.69) is 53.8 Å². The molecule has 5 rings (SSSR count). The van der Waals surface area contributed by atoms with E-state index in [1.165, 1.54) is 0 Å². The number of aryl methyl sites for hydroxylation is 1. The van der Waals surface area contributed by atoms with E-state index in [1.807, 2.05) is 61.0 Å². The number of rotatable bonds is 5. The average molecular weight is 475 g/mol. The number of aromatic nitrogens is 4. The molecule has 2 heterocycles. The molecule has 0 aliphatic carbocycles. The Morgan fingerprint density at radius 1 is 1.10 bits per heavy atom. The summed E-state index contributed by atoms with van der Waals surface area (Å²) in [5.41, 5.74) is 6.34. The van der Waals surface area contributed by atoms with Gasteiger partial charge >= 0.3 is 0 Å². The molecule has 1 N–H and O–H groups in total. The molecule has 5 aromatic rings. The first-order chi connectivity index (χ1) is 15.2. The number of fused-ring (bicyclic) bond motifs is 4. The molecule has 0 aliphatic rings. The lowest BCUT2D eigenvalue weighted by Crippen LogP contribution is -2.02. The summed E-state index contributed by atoms with van der Waals surface area (Å²) in [7, 11) is 1.96. The summed E-state index contributed by atoms with van der Waals surface area (Å²) >= 11 is 3.51. The van der Waals surface area contributed by atoms with Crippen LogP contribution in [-0.4, -0.2) is 32.6 Å². The van der Waals surface area contributed by atoms with E-state index in [9.17, 15) is 0 Å². The van der Waals surface area contributed by atoms with Crippen LogP contribution in [0.3, 0.4) is 0 Å². The van der Waals surface area contributed by atoms with Crippen LogP contribution < -0.4 is 10.2 Å². The molecule has 31 heavy (non-hydrogen) atoms. The highest BCUT2D eigenvalue weighted by Gasteiger charge is 2.13. The number of hydrogen-bond acceptors (Lipinski definition) is 6. The van der Waals surface area contributed by atoms with Crippen molar-refractivity contribution in [2.24, 2.45) is 12.1 Å². The zero-order valence-corrected chi connectivity index (χ0v) is 18.6. The van der Waals surface area contributed by atoms with Crippen molar-refractivity contribution in [3.63, 3.8) is 0 Å². The minimum Gasteiger partial charge on any atom is -0.493 e. The lowest BCUT2D eigenvalue weighted by molar-refractivity contribution is 0.340. The molecule has 0 aliphatic heterocycles. The van der Waals surface area contributed by atoms with Crippen molar-refractivity contribution in [3.05, 3.63) is 64.6 Å². The second kappa shape index (κ2) is 7.96. The molecule has 7 nitrogen and oxygen atoms in total. The maximum atomic E-state index is 5.79. The largest absolute Gasteiger partial charge is 0.493 e. The zero-order chi connectivity index (χ0) is 21.4. The van der Waals surface area contributed by atoms with Gasteiger partial charge in [0.05, 0.1) is 18.3 Å². The monoisotopic (exact) mass is 474 g/mol. The van der Waals surface area contributed by atoms with Crippen LogP contribution in [0.25, 0.3) is 32.8 Å². The molecule has 8 heteroatoms. The number of nitrogens with zero attached hydrogens (tertiary/aromatic N) is 5. The van der Waals surface area contributed by atoms with Gasteiger partial charge in [-0.15, -0.1) is 10.2 Å². The van der Waals surface area contributed by atoms with E-state index >= 15 is 0 Å². The summed E-state index contributed by atoms with van der Waals surface area (Å²) in [6.07, 6.45) is 1.74. The molecule has 0 saturated heterocycles. The lowest BCUT2D eigenvalue weighted by atomic mass is 10.0. The third-order valence-corrected chi connectivity index (χ3v) is 5.64. The van der Waals surface area contributed by atoms with E-state index in [1.54, 1.807) is 6.21 Å². The Labute approximate surface area is 186 Å². The van der Waals surface area contributed by atoms with Crippen LogP contribution in [0.5, 0.6) is 5.75 Å². The minimum atomic E-state index is 0.326. The van der Waals surface area contributed by atoms with E-state index < -0.39 is 0 Å². The third-order valence-electron chi connectivity index (χ3n) is 5.15. The van der Waals surface area contributed by atoms with Gasteiger partial charge in [-0.2, -0.15) is 10.1 Å². The number of benzene rings is 3. The quantitative estimate of drug-likeness (QED) is 0.277. The van der Waals surface area contributed by atoms with Gasteiger partial charge in [-0.1, -0.05) is 46.3 Å². The first kappa shape index (κ1) is 19.4. The SMILES string of the molecule is CCOc1ccc2ccccc2c1/C=N/Nc1nnc2c3cc(Br)ccc3n(C)c2n1. The molecule has 0 unspecified atom stereocenters. The Balaban J connectivity index is 1.51. The number of hydrogen-bond donors (Lipinski definition) is 1. The van der Waals surface area contributed by atoms with Crippen LogP contribution >= 0.6 is 15.9 Å². The number of nitrogens with one attached hydrogen (secondary N) is 1. The van der Waals surface area contributed by atoms with E-state index in [0.717, 1.165) is 48.6 Å². The van der Waals surface area contributed by atoms with Crippen LogP contribution in [-0.2, 0) is 7.05 Å². The molecule has 0 bridgehead atoms. The second-order valence-corrected chi connectivity index (χ2v) is 7.95. The highest BCUT2D eigenvalue weighted by atomic mass is 79.9. The Hall–Kier alpha value is -3.52. The molecule has 0 saturated carbocycles. The normalized spacial score (nSPS) is 11.7. The van der Waals surface area contributed by atoms with Gasteiger partial charge in [-0.05, 0) is 42.0 Å². The topological polar surface area (TPSA) is 77.2 Å². The third kappa shape index (κ3) is 3.48. The summed E-state index contributed by atoms with van der Waals surface area (Å²) < 4.78 is 8.78. The van der Waals surface area contributed by atoms with Crippen molar-refractivity contribution < 1.29 is 4.74 Å². The fourth-order valence-electron chi connectivity index (χ4n) is 3.72. The highest BCUT2D eigenvalue weighted by Crippen LogP contribution is 2.29. The molecule has 0 amide bonds. The second-order valence-electron chi connectivity index (χ2n) is 7.03. The van der Waals surface area contributed by atoms with Gasteiger partial charge in [-0.3, -0.25) is 0 Å². The summed E-state index contributed by atoms with van der Waals surface area (Å²) in [6, 6.07) is 18.2. The molecule has 3 aromatic carbocycles. The summed E-state index contributed by atoms with van der Waals surface area (Å²) in [6.45, 7) is 2.54. The van der Waals surface area contributed by atoms with Crippen LogP contribution in [0, 0.1) is 0 Å². The van der Waals surface area contributed by atoms with Gasteiger partial charge in [0.1, 0.15) is 11.3 Å². The molecule has 0 atom stereocenters. The lowest BCUT2D eigenvalue weighted by Gasteiger charge is -2.10. The summed E-state index contributed by atoms with van der Waals surface area (Å²) in [5, 5.41) is 16.1. The van der Waals surface area contributed by atoms with Gasteiger partial charge in [0.2, 0.25) is 0 Å². The Morgan fingerprint density at radius 2 is 1.97 bits per heavy atom. The van der Waals surface area contributed by atoms with Crippen LogP contribution in [0.4, 0.5) is 5.95 Å². The van der Waals surface area contributed by atoms with Crippen LogP contribution in [0.2, 0.25) is 0 Å². The van der Waals surface area contributed by atoms with Crippen LogP contribution in [0.15, 0.2) is 64.2 Å². The standard InChI is InChI=1S/C23H19BrN6O/c1-3-31-20-11-8-14-6-4-5-7-16(14)18(20)13-25-28-23-26-22-21(27-29-23)17-12-15(24)9-10-19(17)30(22)2/h4-13H,3H2,1-2H3,(H,26,28,29)/b25-13+. The number of halogens is 1. The molecule has 0 spiro atoms.